The summed E-state index contributed by atoms with van der Waals surface area (Å²) >= 11 is 8.99. The molecule has 1 nitrogen and oxygen atoms in total. The number of thioether (sulfide) groups is 2. The van der Waals surface area contributed by atoms with Gasteiger partial charge in [-0.15, -0.1) is 0 Å². The minimum atomic E-state index is 0.239. The monoisotopic (exact) mass is 306 g/mol. The summed E-state index contributed by atoms with van der Waals surface area (Å²) in [4.78, 5) is 13.0. The van der Waals surface area contributed by atoms with E-state index in [9.17, 15) is 4.79 Å². The molecule has 2 aromatic rings. The first-order chi connectivity index (χ1) is 9.29. The van der Waals surface area contributed by atoms with Crippen LogP contribution in [0.5, 0.6) is 0 Å². The summed E-state index contributed by atoms with van der Waals surface area (Å²) < 4.78 is 0.786. The van der Waals surface area contributed by atoms with Crippen LogP contribution >= 0.6 is 35.1 Å². The number of rotatable bonds is 5. The fraction of sp³-hybridized carbons (Fsp3) is 0. The predicted molar refractivity (Wildman–Crippen MR) is 83.5 cm³/mol. The van der Waals surface area contributed by atoms with E-state index in [0.29, 0.717) is 6.29 Å². The molecule has 2 aromatic carbocycles. The van der Waals surface area contributed by atoms with Crippen LogP contribution in [-0.4, -0.2) is 6.29 Å². The Morgan fingerprint density at radius 1 is 0.842 bits per heavy atom. The lowest BCUT2D eigenvalue weighted by Gasteiger charge is -2.07. The second kappa shape index (κ2) is 7.43. The average molecular weight is 307 g/mol. The molecule has 0 spiro atoms. The molecule has 0 fully saturated rings. The highest BCUT2D eigenvalue weighted by atomic mass is 35.5. The van der Waals surface area contributed by atoms with Crippen LogP contribution in [0.4, 0.5) is 0 Å². The number of carbonyl (C=O) groups is 1. The lowest BCUT2D eigenvalue weighted by Crippen LogP contribution is -1.81. The van der Waals surface area contributed by atoms with Gasteiger partial charge in [0.15, 0.2) is 6.29 Å². The number of allylic oxidation sites excluding steroid dienone is 1. The topological polar surface area (TPSA) is 17.1 Å². The van der Waals surface area contributed by atoms with Crippen molar-refractivity contribution < 1.29 is 4.79 Å². The number of carbonyl (C=O) groups excluding carboxylic acids is 1. The van der Waals surface area contributed by atoms with E-state index in [4.69, 9.17) is 11.6 Å². The number of benzene rings is 2. The van der Waals surface area contributed by atoms with Gasteiger partial charge in [0, 0.05) is 9.79 Å². The number of aldehydes is 1. The van der Waals surface area contributed by atoms with Crippen LogP contribution < -0.4 is 0 Å². The SMILES string of the molecule is O=CC(Cl)=C(Sc1ccccc1)Sc1ccccc1. The second-order valence-electron chi connectivity index (χ2n) is 3.58. The molecule has 4 heteroatoms. The van der Waals surface area contributed by atoms with Crippen molar-refractivity contribution in [2.24, 2.45) is 0 Å². The van der Waals surface area contributed by atoms with Crippen LogP contribution in [0.15, 0.2) is 79.7 Å². The predicted octanol–water partition coefficient (Wildman–Crippen LogP) is 5.18. The Kier molecular flexibility index (Phi) is 5.58. The fourth-order valence-electron chi connectivity index (χ4n) is 1.36. The Morgan fingerprint density at radius 3 is 1.63 bits per heavy atom. The molecule has 0 aromatic heterocycles. The molecule has 0 atom stereocenters. The summed E-state index contributed by atoms with van der Waals surface area (Å²) in [5.74, 6) is 0. The zero-order chi connectivity index (χ0) is 13.5. The molecular formula is C15H11ClOS2. The van der Waals surface area contributed by atoms with Gasteiger partial charge in [-0.2, -0.15) is 0 Å². The molecule has 0 saturated heterocycles. The van der Waals surface area contributed by atoms with Crippen molar-refractivity contribution in [2.75, 3.05) is 0 Å². The molecule has 0 aliphatic carbocycles. The summed E-state index contributed by atoms with van der Waals surface area (Å²) in [5.41, 5.74) is 0. The highest BCUT2D eigenvalue weighted by Crippen LogP contribution is 2.41. The van der Waals surface area contributed by atoms with E-state index in [2.05, 4.69) is 0 Å². The quantitative estimate of drug-likeness (QED) is 0.430. The van der Waals surface area contributed by atoms with Crippen molar-refractivity contribution in [3.63, 3.8) is 0 Å². The van der Waals surface area contributed by atoms with Gasteiger partial charge in [0.05, 0.1) is 4.24 Å². The fourth-order valence-corrected chi connectivity index (χ4v) is 3.64. The average Bonchev–Trinajstić information content (AvgIpc) is 2.48. The van der Waals surface area contributed by atoms with E-state index < -0.39 is 0 Å². The smallest absolute Gasteiger partial charge is 0.163 e. The minimum absolute atomic E-state index is 0.239. The Hall–Kier alpha value is -1.16. The minimum Gasteiger partial charge on any atom is -0.297 e. The molecule has 0 saturated carbocycles. The lowest BCUT2D eigenvalue weighted by atomic mass is 10.4. The molecule has 0 unspecified atom stereocenters. The van der Waals surface area contributed by atoms with Crippen molar-refractivity contribution in [1.82, 2.24) is 0 Å². The van der Waals surface area contributed by atoms with E-state index in [-0.39, 0.29) is 5.03 Å². The molecule has 0 aliphatic rings. The summed E-state index contributed by atoms with van der Waals surface area (Å²) in [5, 5.41) is 0.239. The third-order valence-corrected chi connectivity index (χ3v) is 5.03. The zero-order valence-corrected chi connectivity index (χ0v) is 12.3. The van der Waals surface area contributed by atoms with Crippen molar-refractivity contribution in [1.29, 1.82) is 0 Å². The zero-order valence-electron chi connectivity index (χ0n) is 9.95. The first-order valence-electron chi connectivity index (χ1n) is 5.60. The molecule has 2 rings (SSSR count). The Morgan fingerprint density at radius 2 is 1.26 bits per heavy atom. The number of halogens is 1. The maximum absolute atomic E-state index is 10.9. The van der Waals surface area contributed by atoms with Crippen molar-refractivity contribution in [3.05, 3.63) is 69.9 Å². The Balaban J connectivity index is 2.21. The van der Waals surface area contributed by atoms with Crippen molar-refractivity contribution in [3.8, 4) is 0 Å². The van der Waals surface area contributed by atoms with Crippen LogP contribution in [0.25, 0.3) is 0 Å². The molecule has 0 heterocycles. The summed E-state index contributed by atoms with van der Waals surface area (Å²) in [6, 6.07) is 19.7. The van der Waals surface area contributed by atoms with E-state index in [0.717, 1.165) is 14.0 Å². The van der Waals surface area contributed by atoms with Gasteiger partial charge in [-0.25, -0.2) is 0 Å². The molecule has 0 amide bonds. The van der Waals surface area contributed by atoms with Gasteiger partial charge in [0.25, 0.3) is 0 Å². The molecule has 0 aliphatic heterocycles. The maximum Gasteiger partial charge on any atom is 0.163 e. The first kappa shape index (κ1) is 14.3. The van der Waals surface area contributed by atoms with Crippen molar-refractivity contribution in [2.45, 2.75) is 9.79 Å². The summed E-state index contributed by atoms with van der Waals surface area (Å²) in [6.07, 6.45) is 0.683. The normalized spacial score (nSPS) is 9.95. The Labute approximate surface area is 126 Å². The molecule has 0 radical (unpaired) electrons. The van der Waals surface area contributed by atoms with Gasteiger partial charge in [-0.3, -0.25) is 4.79 Å². The first-order valence-corrected chi connectivity index (χ1v) is 7.61. The lowest BCUT2D eigenvalue weighted by molar-refractivity contribution is -0.104. The van der Waals surface area contributed by atoms with Gasteiger partial charge < -0.3 is 0 Å². The van der Waals surface area contributed by atoms with Gasteiger partial charge in [0.1, 0.15) is 5.03 Å². The molecule has 0 bridgehead atoms. The van der Waals surface area contributed by atoms with Crippen molar-refractivity contribution >= 4 is 41.4 Å². The van der Waals surface area contributed by atoms with E-state index >= 15 is 0 Å². The van der Waals surface area contributed by atoms with E-state index in [1.54, 1.807) is 0 Å². The standard InChI is InChI=1S/C15H11ClOS2/c16-14(11-17)15(18-12-7-3-1-4-8-12)19-13-9-5-2-6-10-13/h1-11H. The third-order valence-electron chi connectivity index (χ3n) is 2.21. The summed E-state index contributed by atoms with van der Waals surface area (Å²) in [7, 11) is 0. The third kappa shape index (κ3) is 4.46. The van der Waals surface area contributed by atoms with Crippen LogP contribution in [0.3, 0.4) is 0 Å². The van der Waals surface area contributed by atoms with Gasteiger partial charge in [-0.1, -0.05) is 71.5 Å². The van der Waals surface area contributed by atoms with Gasteiger partial charge >= 0.3 is 0 Å². The van der Waals surface area contributed by atoms with E-state index in [1.807, 2.05) is 60.7 Å². The van der Waals surface area contributed by atoms with Gasteiger partial charge in [0.2, 0.25) is 0 Å². The molecule has 96 valence electrons. The molecule has 0 N–H and O–H groups in total. The maximum atomic E-state index is 10.9. The Bertz CT molecular complexity index is 524. The summed E-state index contributed by atoms with van der Waals surface area (Å²) in [6.45, 7) is 0. The van der Waals surface area contributed by atoms with Crippen LogP contribution in [0.1, 0.15) is 0 Å². The molecule has 19 heavy (non-hydrogen) atoms. The second-order valence-corrected chi connectivity index (χ2v) is 6.42. The number of hydrogen-bond acceptors (Lipinski definition) is 3. The van der Waals surface area contributed by atoms with Gasteiger partial charge in [-0.05, 0) is 24.3 Å². The largest absolute Gasteiger partial charge is 0.297 e. The highest BCUT2D eigenvalue weighted by molar-refractivity contribution is 8.22. The van der Waals surface area contributed by atoms with Crippen LogP contribution in [0.2, 0.25) is 0 Å². The van der Waals surface area contributed by atoms with E-state index in [1.165, 1.54) is 23.5 Å². The van der Waals surface area contributed by atoms with Crippen LogP contribution in [-0.2, 0) is 4.79 Å². The number of hydrogen-bond donors (Lipinski definition) is 0. The molecular weight excluding hydrogens is 296 g/mol. The highest BCUT2D eigenvalue weighted by Gasteiger charge is 2.08. The van der Waals surface area contributed by atoms with Crippen LogP contribution in [0, 0.1) is 0 Å².